The van der Waals surface area contributed by atoms with Crippen molar-refractivity contribution < 1.29 is 14.6 Å². The predicted octanol–water partition coefficient (Wildman–Crippen LogP) is 2.49. The van der Waals surface area contributed by atoms with Crippen LogP contribution in [0.2, 0.25) is 0 Å². The van der Waals surface area contributed by atoms with Gasteiger partial charge in [0, 0.05) is 31.5 Å². The van der Waals surface area contributed by atoms with Crippen molar-refractivity contribution in [2.24, 2.45) is 0 Å². The number of aliphatic hydroxyl groups is 1. The molecule has 1 aromatic carbocycles. The summed E-state index contributed by atoms with van der Waals surface area (Å²) in [7, 11) is 0. The van der Waals surface area contributed by atoms with Gasteiger partial charge in [-0.05, 0) is 18.4 Å². The number of carbonyl (C=O) groups excluding carboxylic acids is 1. The van der Waals surface area contributed by atoms with E-state index in [0.29, 0.717) is 12.1 Å². The van der Waals surface area contributed by atoms with Crippen molar-refractivity contribution in [3.63, 3.8) is 0 Å². The number of hydrogen-bond donors (Lipinski definition) is 1. The van der Waals surface area contributed by atoms with Gasteiger partial charge in [-0.15, -0.1) is 6.58 Å². The van der Waals surface area contributed by atoms with Gasteiger partial charge in [0.05, 0.1) is 6.61 Å². The van der Waals surface area contributed by atoms with E-state index >= 15 is 0 Å². The second kappa shape index (κ2) is 7.28. The predicted molar refractivity (Wildman–Crippen MR) is 89.1 cm³/mol. The highest BCUT2D eigenvalue weighted by molar-refractivity contribution is 5.78. The van der Waals surface area contributed by atoms with E-state index in [1.54, 1.807) is 0 Å². The maximum Gasteiger partial charge on any atom is 0.316 e. The number of carbonyl (C=O) groups is 1. The fourth-order valence-electron chi connectivity index (χ4n) is 4.02. The quantitative estimate of drug-likeness (QED) is 0.647. The number of nitrogens with zero attached hydrogens (tertiary/aromatic N) is 1. The molecule has 4 atom stereocenters. The van der Waals surface area contributed by atoms with E-state index in [-0.39, 0.29) is 18.7 Å². The minimum atomic E-state index is -0.583. The van der Waals surface area contributed by atoms with E-state index in [2.05, 4.69) is 11.5 Å². The summed E-state index contributed by atoms with van der Waals surface area (Å²) in [6.45, 7) is 4.53. The number of aliphatic hydroxyl groups excluding tert-OH is 1. The Morgan fingerprint density at radius 1 is 1.30 bits per heavy atom. The molecular formula is C19H25NO3. The Morgan fingerprint density at radius 3 is 2.52 bits per heavy atom. The van der Waals surface area contributed by atoms with Crippen molar-refractivity contribution in [3.8, 4) is 0 Å². The minimum Gasteiger partial charge on any atom is -0.462 e. The van der Waals surface area contributed by atoms with Gasteiger partial charge in [0.15, 0.2) is 0 Å². The lowest BCUT2D eigenvalue weighted by atomic mass is 9.98. The molecular weight excluding hydrogens is 290 g/mol. The summed E-state index contributed by atoms with van der Waals surface area (Å²) in [5.74, 6) is -0.889. The molecule has 0 amide bonds. The second-order valence-electron chi connectivity index (χ2n) is 6.55. The molecule has 2 aliphatic rings. The zero-order valence-electron chi connectivity index (χ0n) is 13.4. The molecule has 0 aromatic heterocycles. The summed E-state index contributed by atoms with van der Waals surface area (Å²) in [6.07, 6.45) is 6.06. The topological polar surface area (TPSA) is 49.8 Å². The first-order valence-corrected chi connectivity index (χ1v) is 8.46. The number of ether oxygens (including phenoxy) is 1. The fraction of sp³-hybridized carbons (Fsp3) is 0.526. The van der Waals surface area contributed by atoms with Crippen LogP contribution in [0.3, 0.4) is 0 Å². The normalized spacial score (nSPS) is 28.3. The Bertz CT molecular complexity index is 531. The standard InChI is InChI=1S/C19H25NO3/c1-2-10-20-15-8-9-16(20)12-17(11-15)23-19(22)18(13-21)14-6-4-3-5-7-14/h2-7,15-18,21H,1,8-13H2/t15-,16+,17?,18-/m0/s1. The molecule has 1 aromatic rings. The molecule has 3 rings (SSSR count). The van der Waals surface area contributed by atoms with Crippen LogP contribution in [0.25, 0.3) is 0 Å². The van der Waals surface area contributed by atoms with E-state index in [9.17, 15) is 9.90 Å². The Hall–Kier alpha value is -1.65. The first-order chi connectivity index (χ1) is 11.2. The molecule has 2 fully saturated rings. The van der Waals surface area contributed by atoms with Gasteiger partial charge in [0.2, 0.25) is 0 Å². The number of hydrogen-bond acceptors (Lipinski definition) is 4. The SMILES string of the molecule is C=CCN1[C@@H]2CC[C@H]1CC(OC(=O)[C@@H](CO)c1ccccc1)C2. The van der Waals surface area contributed by atoms with Gasteiger partial charge in [-0.25, -0.2) is 0 Å². The monoisotopic (exact) mass is 315 g/mol. The van der Waals surface area contributed by atoms with Crippen LogP contribution in [0, 0.1) is 0 Å². The summed E-state index contributed by atoms with van der Waals surface area (Å²) in [4.78, 5) is 15.0. The van der Waals surface area contributed by atoms with Crippen molar-refractivity contribution in [3.05, 3.63) is 48.6 Å². The summed E-state index contributed by atoms with van der Waals surface area (Å²) < 4.78 is 5.75. The van der Waals surface area contributed by atoms with Crippen LogP contribution >= 0.6 is 0 Å². The van der Waals surface area contributed by atoms with E-state index in [4.69, 9.17) is 4.74 Å². The van der Waals surface area contributed by atoms with Crippen molar-refractivity contribution >= 4 is 5.97 Å². The van der Waals surface area contributed by atoms with E-state index in [1.807, 2.05) is 36.4 Å². The molecule has 124 valence electrons. The molecule has 2 aliphatic heterocycles. The summed E-state index contributed by atoms with van der Waals surface area (Å²) >= 11 is 0. The third-order valence-electron chi connectivity index (χ3n) is 5.13. The molecule has 0 aliphatic carbocycles. The molecule has 2 saturated heterocycles. The molecule has 0 saturated carbocycles. The van der Waals surface area contributed by atoms with Crippen LogP contribution < -0.4 is 0 Å². The zero-order valence-corrected chi connectivity index (χ0v) is 13.4. The van der Waals surface area contributed by atoms with Gasteiger partial charge >= 0.3 is 5.97 Å². The van der Waals surface area contributed by atoms with E-state index in [1.165, 1.54) is 12.8 Å². The number of benzene rings is 1. The smallest absolute Gasteiger partial charge is 0.316 e. The van der Waals surface area contributed by atoms with Crippen LogP contribution in [0.5, 0.6) is 0 Å². The van der Waals surface area contributed by atoms with Gasteiger partial charge in [-0.3, -0.25) is 9.69 Å². The molecule has 4 heteroatoms. The fourth-order valence-corrected chi connectivity index (χ4v) is 4.02. The van der Waals surface area contributed by atoms with Crippen LogP contribution in [0.15, 0.2) is 43.0 Å². The highest BCUT2D eigenvalue weighted by atomic mass is 16.5. The van der Waals surface area contributed by atoms with Gasteiger partial charge < -0.3 is 9.84 Å². The zero-order chi connectivity index (χ0) is 16.2. The van der Waals surface area contributed by atoms with Gasteiger partial charge in [0.25, 0.3) is 0 Å². The van der Waals surface area contributed by atoms with Gasteiger partial charge in [0.1, 0.15) is 12.0 Å². The molecule has 23 heavy (non-hydrogen) atoms. The van der Waals surface area contributed by atoms with Crippen LogP contribution in [0.4, 0.5) is 0 Å². The maximum absolute atomic E-state index is 12.5. The number of esters is 1. The second-order valence-corrected chi connectivity index (χ2v) is 6.55. The Kier molecular flexibility index (Phi) is 5.13. The third-order valence-corrected chi connectivity index (χ3v) is 5.13. The average molecular weight is 315 g/mol. The lowest BCUT2D eigenvalue weighted by molar-refractivity contribution is -0.155. The average Bonchev–Trinajstić information content (AvgIpc) is 2.80. The Morgan fingerprint density at radius 2 is 1.96 bits per heavy atom. The van der Waals surface area contributed by atoms with Crippen LogP contribution in [0.1, 0.15) is 37.2 Å². The van der Waals surface area contributed by atoms with Crippen molar-refractivity contribution in [2.75, 3.05) is 13.2 Å². The highest BCUT2D eigenvalue weighted by Crippen LogP contribution is 2.37. The summed E-state index contributed by atoms with van der Waals surface area (Å²) in [5.41, 5.74) is 0.812. The van der Waals surface area contributed by atoms with E-state index in [0.717, 1.165) is 24.9 Å². The van der Waals surface area contributed by atoms with Crippen LogP contribution in [-0.4, -0.2) is 47.3 Å². The maximum atomic E-state index is 12.5. The summed E-state index contributed by atoms with van der Waals surface area (Å²) in [5, 5.41) is 9.59. The van der Waals surface area contributed by atoms with E-state index < -0.39 is 5.92 Å². The Labute approximate surface area is 137 Å². The molecule has 0 radical (unpaired) electrons. The lowest BCUT2D eigenvalue weighted by Gasteiger charge is -2.38. The third kappa shape index (κ3) is 3.48. The van der Waals surface area contributed by atoms with Gasteiger partial charge in [-0.1, -0.05) is 36.4 Å². The molecule has 1 unspecified atom stereocenters. The number of piperidine rings is 1. The number of rotatable bonds is 6. The minimum absolute atomic E-state index is 0.0289. The molecule has 2 bridgehead atoms. The molecule has 0 spiro atoms. The van der Waals surface area contributed by atoms with Gasteiger partial charge in [-0.2, -0.15) is 0 Å². The Balaban J connectivity index is 1.61. The molecule has 2 heterocycles. The summed E-state index contributed by atoms with van der Waals surface area (Å²) in [6, 6.07) is 10.4. The largest absolute Gasteiger partial charge is 0.462 e. The molecule has 4 nitrogen and oxygen atoms in total. The highest BCUT2D eigenvalue weighted by Gasteiger charge is 2.41. The lowest BCUT2D eigenvalue weighted by Crippen LogP contribution is -2.46. The van der Waals surface area contributed by atoms with Crippen molar-refractivity contribution in [2.45, 2.75) is 49.8 Å². The first kappa shape index (κ1) is 16.2. The first-order valence-electron chi connectivity index (χ1n) is 8.46. The van der Waals surface area contributed by atoms with Crippen LogP contribution in [-0.2, 0) is 9.53 Å². The van der Waals surface area contributed by atoms with Crippen molar-refractivity contribution in [1.82, 2.24) is 4.90 Å². The number of fused-ring (bicyclic) bond motifs is 2. The molecule has 1 N–H and O–H groups in total. The van der Waals surface area contributed by atoms with Crippen molar-refractivity contribution in [1.29, 1.82) is 0 Å².